The Labute approximate surface area is 168 Å². The van der Waals surface area contributed by atoms with E-state index in [0.29, 0.717) is 18.1 Å². The highest BCUT2D eigenvalue weighted by Crippen LogP contribution is 2.28. The molecule has 2 aromatic carbocycles. The van der Waals surface area contributed by atoms with Crippen molar-refractivity contribution < 1.29 is 9.34 Å². The van der Waals surface area contributed by atoms with E-state index in [0.717, 1.165) is 29.3 Å². The van der Waals surface area contributed by atoms with Gasteiger partial charge in [0, 0.05) is 36.5 Å². The van der Waals surface area contributed by atoms with E-state index in [-0.39, 0.29) is 18.1 Å². The zero-order chi connectivity index (χ0) is 18.4. The molecule has 8 heteroatoms. The second-order valence-corrected chi connectivity index (χ2v) is 6.06. The highest BCUT2D eigenvalue weighted by atomic mass is 35.5. The van der Waals surface area contributed by atoms with Crippen LogP contribution in [0.2, 0.25) is 5.02 Å². The van der Waals surface area contributed by atoms with Crippen LogP contribution in [0.15, 0.2) is 65.1 Å². The molecule has 6 nitrogen and oxygen atoms in total. The Morgan fingerprint density at radius 1 is 1.00 bits per heavy atom. The van der Waals surface area contributed by atoms with Crippen molar-refractivity contribution in [2.45, 2.75) is 6.54 Å². The molecule has 0 spiro atoms. The normalized spacial score (nSPS) is 10.3. The van der Waals surface area contributed by atoms with Crippen LogP contribution in [0.25, 0.3) is 11.3 Å². The standard InChI is InChI=1S/C19H18ClN3O3.ClH/c20-18-4-2-1-3-17(18)19-10-9-16(26-19)13-21-11-12-22-14-5-7-15(8-6-14)23(24)25;/h1-10,21-22H,11-13H2;1H. The molecular formula is C19H19Cl2N3O3. The predicted molar refractivity (Wildman–Crippen MR) is 110 cm³/mol. The Kier molecular flexibility index (Phi) is 7.67. The maximum absolute atomic E-state index is 10.6. The SMILES string of the molecule is Cl.O=[N+]([O-])c1ccc(NCCNCc2ccc(-c3ccccc3Cl)o2)cc1. The number of hydrogen-bond donors (Lipinski definition) is 2. The van der Waals surface area contributed by atoms with Crippen molar-refractivity contribution >= 4 is 35.4 Å². The molecule has 1 aromatic heterocycles. The van der Waals surface area contributed by atoms with Crippen LogP contribution in [0.5, 0.6) is 0 Å². The van der Waals surface area contributed by atoms with Gasteiger partial charge >= 0.3 is 0 Å². The molecule has 0 unspecified atom stereocenters. The fraction of sp³-hybridized carbons (Fsp3) is 0.158. The third-order valence-electron chi connectivity index (χ3n) is 3.81. The largest absolute Gasteiger partial charge is 0.460 e. The minimum atomic E-state index is -0.411. The highest BCUT2D eigenvalue weighted by molar-refractivity contribution is 6.33. The number of rotatable bonds is 8. The maximum Gasteiger partial charge on any atom is 0.269 e. The lowest BCUT2D eigenvalue weighted by atomic mass is 10.2. The Balaban J connectivity index is 0.00000261. The number of benzene rings is 2. The van der Waals surface area contributed by atoms with Gasteiger partial charge in [0.1, 0.15) is 11.5 Å². The molecule has 0 saturated carbocycles. The van der Waals surface area contributed by atoms with Crippen molar-refractivity contribution in [2.24, 2.45) is 0 Å². The van der Waals surface area contributed by atoms with Gasteiger partial charge in [-0.05, 0) is 36.4 Å². The number of nitrogens with one attached hydrogen (secondary N) is 2. The zero-order valence-electron chi connectivity index (χ0n) is 14.4. The zero-order valence-corrected chi connectivity index (χ0v) is 15.9. The lowest BCUT2D eigenvalue weighted by Gasteiger charge is -2.07. The summed E-state index contributed by atoms with van der Waals surface area (Å²) < 4.78 is 5.82. The Bertz CT molecular complexity index is 882. The fourth-order valence-electron chi connectivity index (χ4n) is 2.49. The predicted octanol–water partition coefficient (Wildman–Crippen LogP) is 5.13. The van der Waals surface area contributed by atoms with Crippen LogP contribution in [0.1, 0.15) is 5.76 Å². The molecule has 0 aliphatic carbocycles. The topological polar surface area (TPSA) is 80.3 Å². The first kappa shape index (κ1) is 20.8. The Hall–Kier alpha value is -2.54. The minimum Gasteiger partial charge on any atom is -0.460 e. The Morgan fingerprint density at radius 3 is 2.44 bits per heavy atom. The first-order valence-corrected chi connectivity index (χ1v) is 8.54. The van der Waals surface area contributed by atoms with Gasteiger partial charge in [0.2, 0.25) is 0 Å². The van der Waals surface area contributed by atoms with Crippen molar-refractivity contribution in [3.63, 3.8) is 0 Å². The van der Waals surface area contributed by atoms with E-state index in [4.69, 9.17) is 16.0 Å². The van der Waals surface area contributed by atoms with Gasteiger partial charge in [-0.15, -0.1) is 12.4 Å². The van der Waals surface area contributed by atoms with Gasteiger partial charge < -0.3 is 15.1 Å². The summed E-state index contributed by atoms with van der Waals surface area (Å²) in [6.45, 7) is 2.02. The van der Waals surface area contributed by atoms with E-state index < -0.39 is 4.92 Å². The van der Waals surface area contributed by atoms with Crippen LogP contribution >= 0.6 is 24.0 Å². The maximum atomic E-state index is 10.6. The quantitative estimate of drug-likeness (QED) is 0.307. The number of furan rings is 1. The summed E-state index contributed by atoms with van der Waals surface area (Å²) >= 11 is 6.18. The van der Waals surface area contributed by atoms with Gasteiger partial charge in [0.05, 0.1) is 16.5 Å². The molecule has 2 N–H and O–H groups in total. The van der Waals surface area contributed by atoms with Crippen molar-refractivity contribution in [3.05, 3.63) is 81.6 Å². The molecule has 0 aliphatic rings. The van der Waals surface area contributed by atoms with Crippen LogP contribution < -0.4 is 10.6 Å². The Morgan fingerprint density at radius 2 is 1.74 bits per heavy atom. The van der Waals surface area contributed by atoms with Crippen LogP contribution in [-0.2, 0) is 6.54 Å². The van der Waals surface area contributed by atoms with Gasteiger partial charge in [0.25, 0.3) is 5.69 Å². The smallest absolute Gasteiger partial charge is 0.269 e. The molecule has 27 heavy (non-hydrogen) atoms. The number of nitrogens with zero attached hydrogens (tertiary/aromatic N) is 1. The summed E-state index contributed by atoms with van der Waals surface area (Å²) in [7, 11) is 0. The summed E-state index contributed by atoms with van der Waals surface area (Å²) in [6, 6.07) is 17.8. The van der Waals surface area contributed by atoms with E-state index in [9.17, 15) is 10.1 Å². The third-order valence-corrected chi connectivity index (χ3v) is 4.14. The van der Waals surface area contributed by atoms with Gasteiger partial charge in [0.15, 0.2) is 0 Å². The number of halogens is 2. The first-order valence-electron chi connectivity index (χ1n) is 8.16. The molecule has 3 rings (SSSR count). The van der Waals surface area contributed by atoms with E-state index in [2.05, 4.69) is 10.6 Å². The molecular weight excluding hydrogens is 389 g/mol. The number of nitro groups is 1. The number of hydrogen-bond acceptors (Lipinski definition) is 5. The average Bonchev–Trinajstić information content (AvgIpc) is 3.11. The lowest BCUT2D eigenvalue weighted by Crippen LogP contribution is -2.21. The number of non-ortho nitro benzene ring substituents is 1. The van der Waals surface area contributed by atoms with E-state index in [1.54, 1.807) is 12.1 Å². The molecule has 0 saturated heterocycles. The summed E-state index contributed by atoms with van der Waals surface area (Å²) in [5.41, 5.74) is 1.80. The summed E-state index contributed by atoms with van der Waals surface area (Å²) in [5.74, 6) is 1.58. The lowest BCUT2D eigenvalue weighted by molar-refractivity contribution is -0.384. The molecule has 0 aliphatic heterocycles. The average molecular weight is 408 g/mol. The van der Waals surface area contributed by atoms with Crippen molar-refractivity contribution in [1.29, 1.82) is 0 Å². The highest BCUT2D eigenvalue weighted by Gasteiger charge is 2.08. The van der Waals surface area contributed by atoms with Crippen LogP contribution in [0, 0.1) is 10.1 Å². The van der Waals surface area contributed by atoms with Crippen molar-refractivity contribution in [1.82, 2.24) is 5.32 Å². The van der Waals surface area contributed by atoms with Crippen molar-refractivity contribution in [2.75, 3.05) is 18.4 Å². The van der Waals surface area contributed by atoms with Gasteiger partial charge in [-0.2, -0.15) is 0 Å². The van der Waals surface area contributed by atoms with Gasteiger partial charge in [-0.3, -0.25) is 10.1 Å². The van der Waals surface area contributed by atoms with Gasteiger partial charge in [-0.25, -0.2) is 0 Å². The monoisotopic (exact) mass is 407 g/mol. The van der Waals surface area contributed by atoms with Crippen molar-refractivity contribution in [3.8, 4) is 11.3 Å². The molecule has 0 amide bonds. The molecule has 142 valence electrons. The summed E-state index contributed by atoms with van der Waals surface area (Å²) in [5, 5.41) is 17.8. The van der Waals surface area contributed by atoms with Gasteiger partial charge in [-0.1, -0.05) is 23.7 Å². The van der Waals surface area contributed by atoms with Crippen LogP contribution in [0.3, 0.4) is 0 Å². The number of anilines is 1. The second kappa shape index (κ2) is 9.97. The van der Waals surface area contributed by atoms with E-state index in [1.165, 1.54) is 12.1 Å². The number of nitro benzene ring substituents is 1. The molecule has 0 radical (unpaired) electrons. The summed E-state index contributed by atoms with van der Waals surface area (Å²) in [4.78, 5) is 10.2. The molecule has 0 bridgehead atoms. The van der Waals surface area contributed by atoms with E-state index in [1.807, 2.05) is 36.4 Å². The molecule has 0 fully saturated rings. The van der Waals surface area contributed by atoms with Crippen LogP contribution in [-0.4, -0.2) is 18.0 Å². The summed E-state index contributed by atoms with van der Waals surface area (Å²) in [6.07, 6.45) is 0. The fourth-order valence-corrected chi connectivity index (χ4v) is 2.72. The first-order chi connectivity index (χ1) is 12.6. The van der Waals surface area contributed by atoms with E-state index >= 15 is 0 Å². The molecule has 0 atom stereocenters. The van der Waals surface area contributed by atoms with Crippen LogP contribution in [0.4, 0.5) is 11.4 Å². The minimum absolute atomic E-state index is 0. The molecule has 1 heterocycles. The second-order valence-electron chi connectivity index (χ2n) is 5.65. The third kappa shape index (κ3) is 5.72. The molecule has 3 aromatic rings.